The van der Waals surface area contributed by atoms with Crippen LogP contribution in [0.1, 0.15) is 24.5 Å². The Kier molecular flexibility index (Phi) is 7.21. The van der Waals surface area contributed by atoms with Gasteiger partial charge in [-0.3, -0.25) is 9.59 Å². The van der Waals surface area contributed by atoms with Gasteiger partial charge in [0.05, 0.1) is 19.3 Å². The van der Waals surface area contributed by atoms with Crippen molar-refractivity contribution >= 4 is 17.5 Å². The maximum Gasteiger partial charge on any atom is 0.244 e. The SMILES string of the molecule is COc1ccc(C)cc1NC(=O)CN(CCCc1ccccc1)C(C)=O. The van der Waals surface area contributed by atoms with Crippen molar-refractivity contribution in [2.24, 2.45) is 0 Å². The van der Waals surface area contributed by atoms with Crippen molar-refractivity contribution in [3.63, 3.8) is 0 Å². The predicted octanol–water partition coefficient (Wildman–Crippen LogP) is 3.42. The molecule has 0 heterocycles. The van der Waals surface area contributed by atoms with E-state index in [1.807, 2.05) is 43.3 Å². The molecule has 0 fully saturated rings. The second-order valence-corrected chi connectivity index (χ2v) is 6.28. The smallest absolute Gasteiger partial charge is 0.244 e. The van der Waals surface area contributed by atoms with Crippen molar-refractivity contribution in [2.75, 3.05) is 25.5 Å². The summed E-state index contributed by atoms with van der Waals surface area (Å²) in [7, 11) is 1.56. The number of aryl methyl sites for hydroxylation is 2. The zero-order valence-electron chi connectivity index (χ0n) is 15.6. The number of benzene rings is 2. The third kappa shape index (κ3) is 5.92. The number of nitrogens with zero attached hydrogens (tertiary/aromatic N) is 1. The second kappa shape index (κ2) is 9.61. The molecule has 138 valence electrons. The highest BCUT2D eigenvalue weighted by Gasteiger charge is 2.15. The lowest BCUT2D eigenvalue weighted by atomic mass is 10.1. The third-order valence-electron chi connectivity index (χ3n) is 4.15. The van der Waals surface area contributed by atoms with Crippen LogP contribution in [0.25, 0.3) is 0 Å². The number of methoxy groups -OCH3 is 1. The lowest BCUT2D eigenvalue weighted by Crippen LogP contribution is -2.37. The third-order valence-corrected chi connectivity index (χ3v) is 4.15. The molecule has 0 aliphatic carbocycles. The van der Waals surface area contributed by atoms with Gasteiger partial charge in [0.25, 0.3) is 0 Å². The van der Waals surface area contributed by atoms with E-state index in [1.54, 1.807) is 12.0 Å². The van der Waals surface area contributed by atoms with Crippen molar-refractivity contribution in [3.05, 3.63) is 59.7 Å². The van der Waals surface area contributed by atoms with Gasteiger partial charge in [0.2, 0.25) is 11.8 Å². The van der Waals surface area contributed by atoms with Gasteiger partial charge in [0.15, 0.2) is 0 Å². The number of nitrogens with one attached hydrogen (secondary N) is 1. The highest BCUT2D eigenvalue weighted by Crippen LogP contribution is 2.25. The molecule has 0 bridgehead atoms. The molecule has 5 nitrogen and oxygen atoms in total. The largest absolute Gasteiger partial charge is 0.495 e. The molecule has 2 amide bonds. The monoisotopic (exact) mass is 354 g/mol. The summed E-state index contributed by atoms with van der Waals surface area (Å²) < 4.78 is 5.27. The minimum atomic E-state index is -0.233. The van der Waals surface area contributed by atoms with E-state index in [1.165, 1.54) is 12.5 Å². The molecule has 2 rings (SSSR count). The zero-order chi connectivity index (χ0) is 18.9. The maximum absolute atomic E-state index is 12.4. The zero-order valence-corrected chi connectivity index (χ0v) is 15.6. The van der Waals surface area contributed by atoms with Gasteiger partial charge in [0, 0.05) is 13.5 Å². The van der Waals surface area contributed by atoms with Crippen LogP contribution in [0.4, 0.5) is 5.69 Å². The van der Waals surface area contributed by atoms with E-state index < -0.39 is 0 Å². The summed E-state index contributed by atoms with van der Waals surface area (Å²) in [5.74, 6) is 0.260. The molecule has 2 aromatic rings. The van der Waals surface area contributed by atoms with E-state index in [0.29, 0.717) is 18.0 Å². The van der Waals surface area contributed by atoms with Gasteiger partial charge in [-0.1, -0.05) is 36.4 Å². The Balaban J connectivity index is 1.91. The van der Waals surface area contributed by atoms with Crippen LogP contribution in [0.2, 0.25) is 0 Å². The predicted molar refractivity (Wildman–Crippen MR) is 103 cm³/mol. The van der Waals surface area contributed by atoms with Crippen molar-refractivity contribution < 1.29 is 14.3 Å². The first-order chi connectivity index (χ1) is 12.5. The molecule has 2 aromatic carbocycles. The molecule has 0 saturated carbocycles. The molecular weight excluding hydrogens is 328 g/mol. The molecule has 0 aliphatic heterocycles. The first-order valence-corrected chi connectivity index (χ1v) is 8.73. The van der Waals surface area contributed by atoms with Gasteiger partial charge in [-0.15, -0.1) is 0 Å². The molecule has 5 heteroatoms. The number of hydrogen-bond acceptors (Lipinski definition) is 3. The quantitative estimate of drug-likeness (QED) is 0.790. The molecule has 0 aliphatic rings. The Bertz CT molecular complexity index is 744. The fourth-order valence-corrected chi connectivity index (χ4v) is 2.75. The molecule has 0 spiro atoms. The topological polar surface area (TPSA) is 58.6 Å². The molecule has 26 heavy (non-hydrogen) atoms. The number of hydrogen-bond donors (Lipinski definition) is 1. The standard InChI is InChI=1S/C21H26N2O3/c1-16-11-12-20(26-3)19(14-16)22-21(25)15-23(17(2)24)13-7-10-18-8-5-4-6-9-18/h4-6,8-9,11-12,14H,7,10,13,15H2,1-3H3,(H,22,25). The van der Waals surface area contributed by atoms with E-state index in [2.05, 4.69) is 17.4 Å². The van der Waals surface area contributed by atoms with Gasteiger partial charge in [-0.05, 0) is 43.0 Å². The fraction of sp³-hybridized carbons (Fsp3) is 0.333. The number of carbonyl (C=O) groups is 2. The summed E-state index contributed by atoms with van der Waals surface area (Å²) in [6.45, 7) is 4.01. The van der Waals surface area contributed by atoms with Gasteiger partial charge >= 0.3 is 0 Å². The van der Waals surface area contributed by atoms with E-state index in [-0.39, 0.29) is 18.4 Å². The molecule has 0 aromatic heterocycles. The summed E-state index contributed by atoms with van der Waals surface area (Å²) in [6, 6.07) is 15.7. The van der Waals surface area contributed by atoms with Gasteiger partial charge in [-0.2, -0.15) is 0 Å². The van der Waals surface area contributed by atoms with E-state index in [0.717, 1.165) is 18.4 Å². The van der Waals surface area contributed by atoms with Crippen molar-refractivity contribution in [2.45, 2.75) is 26.7 Å². The normalized spacial score (nSPS) is 10.3. The number of carbonyl (C=O) groups excluding carboxylic acids is 2. The van der Waals surface area contributed by atoms with Crippen LogP contribution in [0.5, 0.6) is 5.75 Å². The van der Waals surface area contributed by atoms with Crippen LogP contribution in [-0.2, 0) is 16.0 Å². The molecule has 0 radical (unpaired) electrons. The lowest BCUT2D eigenvalue weighted by molar-refractivity contribution is -0.132. The Morgan fingerprint density at radius 3 is 2.50 bits per heavy atom. The summed E-state index contributed by atoms with van der Waals surface area (Å²) in [6.07, 6.45) is 1.68. The highest BCUT2D eigenvalue weighted by molar-refractivity contribution is 5.95. The average molecular weight is 354 g/mol. The first kappa shape index (κ1) is 19.5. The number of rotatable bonds is 8. The summed E-state index contributed by atoms with van der Waals surface area (Å²) in [5, 5.41) is 2.84. The van der Waals surface area contributed by atoms with Gasteiger partial charge in [0.1, 0.15) is 5.75 Å². The Morgan fingerprint density at radius 2 is 1.85 bits per heavy atom. The first-order valence-electron chi connectivity index (χ1n) is 8.73. The average Bonchev–Trinajstić information content (AvgIpc) is 2.62. The molecule has 0 unspecified atom stereocenters. The van der Waals surface area contributed by atoms with Crippen LogP contribution in [0.3, 0.4) is 0 Å². The molecular formula is C21H26N2O3. The fourth-order valence-electron chi connectivity index (χ4n) is 2.75. The van der Waals surface area contributed by atoms with Gasteiger partial charge in [-0.25, -0.2) is 0 Å². The minimum absolute atomic E-state index is 0.0290. The molecule has 1 N–H and O–H groups in total. The van der Waals surface area contributed by atoms with Crippen molar-refractivity contribution in [1.29, 1.82) is 0 Å². The van der Waals surface area contributed by atoms with Crippen molar-refractivity contribution in [3.8, 4) is 5.75 Å². The lowest BCUT2D eigenvalue weighted by Gasteiger charge is -2.21. The van der Waals surface area contributed by atoms with Gasteiger partial charge < -0.3 is 15.0 Å². The number of amides is 2. The summed E-state index contributed by atoms with van der Waals surface area (Å²) >= 11 is 0. The molecule has 0 saturated heterocycles. The van der Waals surface area contributed by atoms with E-state index in [4.69, 9.17) is 4.74 Å². The highest BCUT2D eigenvalue weighted by atomic mass is 16.5. The van der Waals surface area contributed by atoms with Crippen LogP contribution in [-0.4, -0.2) is 36.9 Å². The van der Waals surface area contributed by atoms with E-state index >= 15 is 0 Å². The second-order valence-electron chi connectivity index (χ2n) is 6.28. The Labute approximate surface area is 155 Å². The molecule has 0 atom stereocenters. The minimum Gasteiger partial charge on any atom is -0.495 e. The Morgan fingerprint density at radius 1 is 1.12 bits per heavy atom. The van der Waals surface area contributed by atoms with Crippen LogP contribution < -0.4 is 10.1 Å². The van der Waals surface area contributed by atoms with Crippen LogP contribution >= 0.6 is 0 Å². The van der Waals surface area contributed by atoms with Crippen LogP contribution in [0, 0.1) is 6.92 Å². The van der Waals surface area contributed by atoms with Crippen LogP contribution in [0.15, 0.2) is 48.5 Å². The van der Waals surface area contributed by atoms with E-state index in [9.17, 15) is 9.59 Å². The summed E-state index contributed by atoms with van der Waals surface area (Å²) in [4.78, 5) is 25.8. The number of ether oxygens (including phenoxy) is 1. The van der Waals surface area contributed by atoms with Crippen molar-refractivity contribution in [1.82, 2.24) is 4.90 Å². The Hall–Kier alpha value is -2.82. The number of anilines is 1. The maximum atomic E-state index is 12.4. The summed E-state index contributed by atoms with van der Waals surface area (Å²) in [5.41, 5.74) is 2.86.